The van der Waals surface area contributed by atoms with Gasteiger partial charge in [0.1, 0.15) is 11.2 Å². The Hall–Kier alpha value is -6.11. The summed E-state index contributed by atoms with van der Waals surface area (Å²) in [4.78, 5) is 63.7. The highest BCUT2D eigenvalue weighted by atomic mass is 35.5. The first kappa shape index (κ1) is 51.5. The van der Waals surface area contributed by atoms with Gasteiger partial charge in [-0.05, 0) is 140 Å². The minimum atomic E-state index is -0.773. The lowest BCUT2D eigenvalue weighted by Gasteiger charge is -2.57. The molecular formula is C45H64ClN9O10. The number of rotatable bonds is 7. The number of amides is 3. The molecule has 4 saturated carbocycles. The van der Waals surface area contributed by atoms with Crippen LogP contribution in [0, 0.1) is 22.7 Å². The average Bonchev–Trinajstić information content (AvgIpc) is 3.91. The molecule has 3 heterocycles. The van der Waals surface area contributed by atoms with Crippen LogP contribution in [0.2, 0.25) is 0 Å². The van der Waals surface area contributed by atoms with Crippen molar-refractivity contribution >= 4 is 52.8 Å². The van der Waals surface area contributed by atoms with Gasteiger partial charge in [-0.25, -0.2) is 29.4 Å². The maximum atomic E-state index is 12.1. The van der Waals surface area contributed by atoms with E-state index in [-0.39, 0.29) is 29.5 Å². The van der Waals surface area contributed by atoms with Crippen LogP contribution in [0.15, 0.2) is 77.5 Å². The zero-order valence-electron chi connectivity index (χ0n) is 38.6. The Morgan fingerprint density at radius 1 is 0.723 bits per heavy atom. The van der Waals surface area contributed by atoms with Gasteiger partial charge in [-0.15, -0.1) is 0 Å². The fourth-order valence-electron chi connectivity index (χ4n) is 8.70. The van der Waals surface area contributed by atoms with Gasteiger partial charge in [0.15, 0.2) is 0 Å². The standard InChI is InChI=1S/C21H30N4O6.C17H26N4O2.C5H5N.C2H3ClO2/c1-20(2,3)31-17(26)22-14-11-21(12-14)9-13(10-21)16(23-24-18(27)29-4)15-7-6-8-25(15)19(28)30-5;1-16(2,3)23-15(22)20-12-9-17(10-12)7-11(8-17)14(21-18)13-5-4-6-19-13;1-2-4-6-5-3-1;1-5-2(3)4/h6-8,13-14H,9-12H2,1-5H3,(H,22,26)(H,24,27);4-6,11-12,19H,7-10,18H2,1-3H3,(H,20,22);1-5H;1H3/b23-16+;21-14+;;. The molecule has 0 saturated heterocycles. The molecule has 0 atom stereocenters. The van der Waals surface area contributed by atoms with Gasteiger partial charge in [0, 0.05) is 60.3 Å². The molecule has 4 aliphatic carbocycles. The van der Waals surface area contributed by atoms with Gasteiger partial charge in [0.25, 0.3) is 0 Å². The molecule has 4 fully saturated rings. The van der Waals surface area contributed by atoms with Gasteiger partial charge < -0.3 is 45.1 Å². The summed E-state index contributed by atoms with van der Waals surface area (Å²) in [7, 11) is 3.78. The molecule has 6 N–H and O–H groups in total. The molecule has 65 heavy (non-hydrogen) atoms. The summed E-state index contributed by atoms with van der Waals surface area (Å²) in [6, 6.07) is 13.5. The lowest BCUT2D eigenvalue weighted by molar-refractivity contribution is -0.0299. The van der Waals surface area contributed by atoms with Gasteiger partial charge in [-0.2, -0.15) is 10.2 Å². The summed E-state index contributed by atoms with van der Waals surface area (Å²) in [5.74, 6) is 6.04. The van der Waals surface area contributed by atoms with Crippen molar-refractivity contribution in [3.63, 3.8) is 0 Å². The quantitative estimate of drug-likeness (QED) is 0.0496. The number of H-pyrrole nitrogens is 1. The molecule has 0 bridgehead atoms. The van der Waals surface area contributed by atoms with Crippen molar-refractivity contribution < 1.29 is 47.7 Å². The maximum Gasteiger partial charge on any atom is 0.427 e. The molecule has 0 unspecified atom stereocenters. The van der Waals surface area contributed by atoms with Crippen LogP contribution >= 0.6 is 11.6 Å². The zero-order chi connectivity index (χ0) is 48.0. The van der Waals surface area contributed by atoms with Crippen molar-refractivity contribution in [2.24, 2.45) is 38.7 Å². The molecule has 20 heteroatoms. The van der Waals surface area contributed by atoms with E-state index >= 15 is 0 Å². The number of methoxy groups -OCH3 is 3. The van der Waals surface area contributed by atoms with Crippen molar-refractivity contribution in [2.75, 3.05) is 21.3 Å². The maximum absolute atomic E-state index is 12.1. The van der Waals surface area contributed by atoms with Crippen LogP contribution < -0.4 is 21.9 Å². The summed E-state index contributed by atoms with van der Waals surface area (Å²) < 4.78 is 25.3. The minimum Gasteiger partial charge on any atom is -0.457 e. The predicted molar refractivity (Wildman–Crippen MR) is 243 cm³/mol. The number of aromatic amines is 1. The molecule has 7 rings (SSSR count). The highest BCUT2D eigenvalue weighted by Crippen LogP contribution is 2.60. The monoisotopic (exact) mass is 925 g/mol. The first-order chi connectivity index (χ1) is 30.6. The normalized spacial score (nSPS) is 24.0. The number of aromatic nitrogens is 3. The molecule has 3 aromatic rings. The van der Waals surface area contributed by atoms with Gasteiger partial charge in [0.2, 0.25) is 0 Å². The third kappa shape index (κ3) is 15.5. The minimum absolute atomic E-state index is 0.0536. The van der Waals surface area contributed by atoms with E-state index in [9.17, 15) is 24.0 Å². The zero-order valence-corrected chi connectivity index (χ0v) is 39.4. The lowest BCUT2D eigenvalue weighted by atomic mass is 9.49. The summed E-state index contributed by atoms with van der Waals surface area (Å²) in [6.45, 7) is 11.1. The van der Waals surface area contributed by atoms with Gasteiger partial charge in [-0.1, -0.05) is 6.07 Å². The number of carbonyl (C=O) groups excluding carboxylic acids is 5. The van der Waals surface area contributed by atoms with E-state index in [0.717, 1.165) is 62.8 Å². The highest BCUT2D eigenvalue weighted by Gasteiger charge is 2.56. The Kier molecular flexibility index (Phi) is 18.0. The Morgan fingerprint density at radius 2 is 1.23 bits per heavy atom. The number of carbonyl (C=O) groups is 5. The fraction of sp³-hybridized carbons (Fsp3) is 0.556. The number of nitrogens with zero attached hydrogens (tertiary/aromatic N) is 4. The predicted octanol–water partition coefficient (Wildman–Crippen LogP) is 8.08. The second-order valence-corrected chi connectivity index (χ2v) is 18.9. The number of nitrogens with two attached hydrogens (primary N) is 1. The van der Waals surface area contributed by atoms with Crippen LogP contribution in [0.25, 0.3) is 0 Å². The Balaban J connectivity index is 0.000000236. The molecule has 0 radical (unpaired) electrons. The highest BCUT2D eigenvalue weighted by molar-refractivity contribution is 6.61. The van der Waals surface area contributed by atoms with E-state index in [0.29, 0.717) is 22.7 Å². The number of hydrazone groups is 2. The molecule has 4 aliphatic rings. The second kappa shape index (κ2) is 22.7. The van der Waals surface area contributed by atoms with Crippen molar-refractivity contribution in [2.45, 2.75) is 116 Å². The Morgan fingerprint density at radius 3 is 1.60 bits per heavy atom. The second-order valence-electron chi connectivity index (χ2n) is 18.6. The van der Waals surface area contributed by atoms with E-state index in [2.05, 4.69) is 57.3 Å². The number of halogens is 1. The van der Waals surface area contributed by atoms with Crippen molar-refractivity contribution in [1.82, 2.24) is 30.6 Å². The van der Waals surface area contributed by atoms with E-state index in [4.69, 9.17) is 20.1 Å². The molecular weight excluding hydrogens is 862 g/mol. The van der Waals surface area contributed by atoms with Crippen LogP contribution in [0.5, 0.6) is 0 Å². The van der Waals surface area contributed by atoms with Crippen LogP contribution in [0.4, 0.5) is 24.0 Å². The van der Waals surface area contributed by atoms with E-state index in [1.165, 1.54) is 25.9 Å². The van der Waals surface area contributed by atoms with E-state index in [1.54, 1.807) is 30.7 Å². The van der Waals surface area contributed by atoms with E-state index in [1.807, 2.05) is 78.1 Å². The Bertz CT molecular complexity index is 2060. The molecule has 3 aromatic heterocycles. The van der Waals surface area contributed by atoms with Crippen LogP contribution in [-0.2, 0) is 23.7 Å². The molecule has 2 spiro atoms. The molecule has 19 nitrogen and oxygen atoms in total. The summed E-state index contributed by atoms with van der Waals surface area (Å²) in [5.41, 5.74) is 4.21. The van der Waals surface area contributed by atoms with Crippen molar-refractivity contribution in [1.29, 1.82) is 0 Å². The SMILES string of the molecule is CC(C)(C)OC(=O)NC1CC2(C1)CC(/C(=N\N)c1ccc[nH]1)C2.COC(=O)Cl.COC(=O)N/N=C(/c1cccn1C(=O)OC)C1CC2(CC(NC(=O)OC(C)(C)C)C2)C1.c1ccncc1. The lowest BCUT2D eigenvalue weighted by Crippen LogP contribution is -2.58. The number of hydrogen-bond acceptors (Lipinski definition) is 14. The largest absolute Gasteiger partial charge is 0.457 e. The van der Waals surface area contributed by atoms with Gasteiger partial charge >= 0.3 is 29.8 Å². The number of hydrogen-bond donors (Lipinski definition) is 5. The van der Waals surface area contributed by atoms with E-state index < -0.39 is 34.9 Å². The third-order valence-electron chi connectivity index (χ3n) is 11.2. The number of ether oxygens (including phenoxy) is 5. The summed E-state index contributed by atoms with van der Waals surface area (Å²) in [5, 5.41) is 14.1. The summed E-state index contributed by atoms with van der Waals surface area (Å²) in [6.07, 6.45) is 12.7. The first-order valence-corrected chi connectivity index (χ1v) is 21.7. The molecule has 0 aliphatic heterocycles. The van der Waals surface area contributed by atoms with Gasteiger partial charge in [-0.3, -0.25) is 9.55 Å². The van der Waals surface area contributed by atoms with Crippen LogP contribution in [0.1, 0.15) is 104 Å². The fourth-order valence-corrected chi connectivity index (χ4v) is 8.70. The smallest absolute Gasteiger partial charge is 0.427 e. The van der Waals surface area contributed by atoms with Crippen molar-refractivity contribution in [3.8, 4) is 0 Å². The molecule has 0 aromatic carbocycles. The molecule has 356 valence electrons. The third-order valence-corrected chi connectivity index (χ3v) is 11.4. The average molecular weight is 927 g/mol. The number of pyridine rings is 1. The Labute approximate surface area is 384 Å². The van der Waals surface area contributed by atoms with Crippen molar-refractivity contribution in [3.05, 3.63) is 78.6 Å². The number of nitrogens with one attached hydrogen (secondary N) is 4. The molecule has 3 amide bonds. The topological polar surface area (TPSA) is 252 Å². The van der Waals surface area contributed by atoms with Crippen LogP contribution in [0.3, 0.4) is 0 Å². The number of alkyl carbamates (subject to hydrolysis) is 2. The first-order valence-electron chi connectivity index (χ1n) is 21.3. The summed E-state index contributed by atoms with van der Waals surface area (Å²) >= 11 is 4.60. The van der Waals surface area contributed by atoms with Gasteiger partial charge in [0.05, 0.1) is 44.1 Å². The van der Waals surface area contributed by atoms with Crippen LogP contribution in [-0.4, -0.2) is 100 Å².